The second kappa shape index (κ2) is 7.17. The summed E-state index contributed by atoms with van der Waals surface area (Å²) in [6.45, 7) is 3.53. The molecule has 1 N–H and O–H groups in total. The topological polar surface area (TPSA) is 63.4 Å². The van der Waals surface area contributed by atoms with Gasteiger partial charge in [-0.2, -0.15) is 0 Å². The van der Waals surface area contributed by atoms with Gasteiger partial charge in [0, 0.05) is 38.2 Å². The zero-order valence-electron chi connectivity index (χ0n) is 14.8. The van der Waals surface area contributed by atoms with Crippen LogP contribution >= 0.6 is 0 Å². The first-order valence-corrected chi connectivity index (χ1v) is 8.80. The largest absolute Gasteiger partial charge is 0.504 e. The van der Waals surface area contributed by atoms with E-state index in [0.29, 0.717) is 5.75 Å². The molecule has 0 radical (unpaired) electrons. The van der Waals surface area contributed by atoms with Crippen molar-refractivity contribution in [2.24, 2.45) is 0 Å². The highest BCUT2D eigenvalue weighted by atomic mass is 16.5. The maximum Gasteiger partial charge on any atom is 0.164 e. The highest BCUT2D eigenvalue weighted by molar-refractivity contribution is 5.55. The second-order valence-electron chi connectivity index (χ2n) is 6.49. The number of fused-ring (bicyclic) bond motifs is 1. The van der Waals surface area contributed by atoms with E-state index in [1.54, 1.807) is 13.2 Å². The number of nitrogens with zero attached hydrogens (tertiary/aromatic N) is 4. The Hall–Kier alpha value is -2.86. The van der Waals surface area contributed by atoms with Crippen LogP contribution in [0.1, 0.15) is 11.4 Å². The highest BCUT2D eigenvalue weighted by Crippen LogP contribution is 2.27. The Morgan fingerprint density at radius 1 is 1.04 bits per heavy atom. The molecule has 26 heavy (non-hydrogen) atoms. The van der Waals surface area contributed by atoms with Gasteiger partial charge in [-0.3, -0.25) is 4.90 Å². The Bertz CT molecular complexity index is 892. The van der Waals surface area contributed by atoms with Crippen LogP contribution in [0.2, 0.25) is 0 Å². The van der Waals surface area contributed by atoms with Crippen molar-refractivity contribution in [1.82, 2.24) is 19.7 Å². The van der Waals surface area contributed by atoms with Crippen molar-refractivity contribution >= 4 is 0 Å². The van der Waals surface area contributed by atoms with E-state index in [2.05, 4.69) is 31.8 Å². The van der Waals surface area contributed by atoms with Crippen LogP contribution in [-0.2, 0) is 19.5 Å². The van der Waals surface area contributed by atoms with Gasteiger partial charge >= 0.3 is 0 Å². The molecule has 134 valence electrons. The normalized spacial score (nSPS) is 14.7. The zero-order valence-corrected chi connectivity index (χ0v) is 14.8. The minimum Gasteiger partial charge on any atom is -0.504 e. The van der Waals surface area contributed by atoms with E-state index in [1.807, 2.05) is 30.3 Å². The summed E-state index contributed by atoms with van der Waals surface area (Å²) in [4.78, 5) is 2.40. The second-order valence-corrected chi connectivity index (χ2v) is 6.49. The van der Waals surface area contributed by atoms with Crippen molar-refractivity contribution in [2.45, 2.75) is 19.5 Å². The first-order chi connectivity index (χ1) is 12.7. The number of aromatic nitrogens is 3. The van der Waals surface area contributed by atoms with E-state index in [0.717, 1.165) is 55.4 Å². The smallest absolute Gasteiger partial charge is 0.164 e. The quantitative estimate of drug-likeness (QED) is 0.784. The van der Waals surface area contributed by atoms with Gasteiger partial charge in [0.2, 0.25) is 0 Å². The summed E-state index contributed by atoms with van der Waals surface area (Å²) in [5.74, 6) is 2.66. The van der Waals surface area contributed by atoms with Crippen molar-refractivity contribution in [3.63, 3.8) is 0 Å². The van der Waals surface area contributed by atoms with Gasteiger partial charge in [-0.15, -0.1) is 10.2 Å². The van der Waals surface area contributed by atoms with Gasteiger partial charge in [-0.05, 0) is 17.7 Å². The van der Waals surface area contributed by atoms with E-state index < -0.39 is 0 Å². The number of hydrogen-bond donors (Lipinski definition) is 1. The Morgan fingerprint density at radius 2 is 1.88 bits per heavy atom. The monoisotopic (exact) mass is 350 g/mol. The van der Waals surface area contributed by atoms with Crippen LogP contribution in [-0.4, -0.2) is 45.0 Å². The molecule has 0 aliphatic carbocycles. The SMILES string of the molecule is COc1cc(CN2CCc3nnc(-c4ccccc4)n3CC2)ccc1O. The Kier molecular flexibility index (Phi) is 4.58. The molecule has 0 spiro atoms. The lowest BCUT2D eigenvalue weighted by Gasteiger charge is -2.20. The minimum atomic E-state index is 0.172. The molecule has 0 saturated heterocycles. The van der Waals surface area contributed by atoms with Crippen molar-refractivity contribution in [3.8, 4) is 22.9 Å². The van der Waals surface area contributed by atoms with Crippen LogP contribution in [0, 0.1) is 0 Å². The first-order valence-electron chi connectivity index (χ1n) is 8.80. The Balaban J connectivity index is 1.50. The number of ether oxygens (including phenoxy) is 1. The fraction of sp³-hybridized carbons (Fsp3) is 0.300. The summed E-state index contributed by atoms with van der Waals surface area (Å²) < 4.78 is 7.44. The lowest BCUT2D eigenvalue weighted by atomic mass is 10.2. The summed E-state index contributed by atoms with van der Waals surface area (Å²) in [7, 11) is 1.57. The third-order valence-electron chi connectivity index (χ3n) is 4.80. The summed E-state index contributed by atoms with van der Waals surface area (Å²) in [6, 6.07) is 15.7. The molecule has 0 amide bonds. The zero-order chi connectivity index (χ0) is 17.9. The third kappa shape index (κ3) is 3.28. The standard InChI is InChI=1S/C20H22N4O2/c1-26-18-13-15(7-8-17(18)25)14-23-10-9-19-21-22-20(24(19)12-11-23)16-5-3-2-4-6-16/h2-8,13,25H,9-12,14H2,1H3. The van der Waals surface area contributed by atoms with E-state index in [-0.39, 0.29) is 5.75 Å². The predicted octanol–water partition coefficient (Wildman–Crippen LogP) is 2.72. The van der Waals surface area contributed by atoms with Gasteiger partial charge in [-0.25, -0.2) is 0 Å². The number of rotatable bonds is 4. The molecule has 4 rings (SSSR count). The molecule has 1 aliphatic heterocycles. The number of hydrogen-bond acceptors (Lipinski definition) is 5. The van der Waals surface area contributed by atoms with E-state index >= 15 is 0 Å². The van der Waals surface area contributed by atoms with Crippen molar-refractivity contribution in [3.05, 3.63) is 59.9 Å². The molecule has 1 aromatic heterocycles. The van der Waals surface area contributed by atoms with Gasteiger partial charge in [0.05, 0.1) is 7.11 Å². The average molecular weight is 350 g/mol. The Morgan fingerprint density at radius 3 is 2.69 bits per heavy atom. The van der Waals surface area contributed by atoms with Gasteiger partial charge in [-0.1, -0.05) is 36.4 Å². The lowest BCUT2D eigenvalue weighted by molar-refractivity contribution is 0.270. The summed E-state index contributed by atoms with van der Waals surface area (Å²) in [5.41, 5.74) is 2.23. The average Bonchev–Trinajstić information content (AvgIpc) is 2.98. The number of phenolic OH excluding ortho intramolecular Hbond substituents is 1. The molecule has 6 nitrogen and oxygen atoms in total. The number of aromatic hydroxyl groups is 1. The van der Waals surface area contributed by atoms with E-state index in [4.69, 9.17) is 4.74 Å². The van der Waals surface area contributed by atoms with E-state index in [9.17, 15) is 5.11 Å². The summed E-state index contributed by atoms with van der Waals surface area (Å²) in [5, 5.41) is 18.6. The number of benzene rings is 2. The maximum absolute atomic E-state index is 9.76. The number of methoxy groups -OCH3 is 1. The molecule has 0 saturated carbocycles. The van der Waals surface area contributed by atoms with Crippen LogP contribution in [0.4, 0.5) is 0 Å². The lowest BCUT2D eigenvalue weighted by Crippen LogP contribution is -2.26. The molecule has 0 bridgehead atoms. The van der Waals surface area contributed by atoms with Crippen molar-refractivity contribution in [1.29, 1.82) is 0 Å². The number of phenols is 1. The summed E-state index contributed by atoms with van der Waals surface area (Å²) in [6.07, 6.45) is 0.870. The molecule has 0 fully saturated rings. The maximum atomic E-state index is 9.76. The molecular weight excluding hydrogens is 328 g/mol. The van der Waals surface area contributed by atoms with Gasteiger partial charge in [0.1, 0.15) is 5.82 Å². The Labute approximate surface area is 152 Å². The van der Waals surface area contributed by atoms with Crippen LogP contribution in [0.25, 0.3) is 11.4 Å². The minimum absolute atomic E-state index is 0.172. The predicted molar refractivity (Wildman–Crippen MR) is 99.1 cm³/mol. The first kappa shape index (κ1) is 16.6. The van der Waals surface area contributed by atoms with Crippen LogP contribution < -0.4 is 4.74 Å². The van der Waals surface area contributed by atoms with Gasteiger partial charge in [0.25, 0.3) is 0 Å². The van der Waals surface area contributed by atoms with Crippen LogP contribution in [0.15, 0.2) is 48.5 Å². The molecule has 0 atom stereocenters. The third-order valence-corrected chi connectivity index (χ3v) is 4.80. The van der Waals surface area contributed by atoms with Crippen LogP contribution in [0.5, 0.6) is 11.5 Å². The molecule has 1 aliphatic rings. The van der Waals surface area contributed by atoms with Crippen molar-refractivity contribution in [2.75, 3.05) is 20.2 Å². The highest BCUT2D eigenvalue weighted by Gasteiger charge is 2.19. The van der Waals surface area contributed by atoms with Crippen LogP contribution in [0.3, 0.4) is 0 Å². The molecule has 3 aromatic rings. The molecule has 2 heterocycles. The molecule has 2 aromatic carbocycles. The summed E-state index contributed by atoms with van der Waals surface area (Å²) >= 11 is 0. The van der Waals surface area contributed by atoms with Crippen molar-refractivity contribution < 1.29 is 9.84 Å². The fourth-order valence-electron chi connectivity index (χ4n) is 3.40. The van der Waals surface area contributed by atoms with Gasteiger partial charge in [0.15, 0.2) is 17.3 Å². The fourth-order valence-corrected chi connectivity index (χ4v) is 3.40. The molecular formula is C20H22N4O2. The van der Waals surface area contributed by atoms with Gasteiger partial charge < -0.3 is 14.4 Å². The van der Waals surface area contributed by atoms with E-state index in [1.165, 1.54) is 0 Å². The molecule has 6 heteroatoms. The molecule has 0 unspecified atom stereocenters.